The Hall–Kier alpha value is -1.75. The molecular weight excluding hydrogens is 279 g/mol. The van der Waals surface area contributed by atoms with Crippen molar-refractivity contribution in [1.82, 2.24) is 0 Å². The van der Waals surface area contributed by atoms with E-state index in [9.17, 15) is 9.18 Å². The molecule has 0 aliphatic heterocycles. The molecule has 20 heavy (non-hydrogen) atoms. The van der Waals surface area contributed by atoms with Gasteiger partial charge in [-0.1, -0.05) is 6.92 Å². The number of ether oxygens (including phenoxy) is 1. The third-order valence-corrected chi connectivity index (χ3v) is 3.46. The summed E-state index contributed by atoms with van der Waals surface area (Å²) in [7, 11) is 0. The molecule has 0 fully saturated rings. The van der Waals surface area contributed by atoms with Crippen LogP contribution in [0.2, 0.25) is 0 Å². The maximum atomic E-state index is 12.8. The van der Waals surface area contributed by atoms with Gasteiger partial charge in [-0.05, 0) is 42.2 Å². The van der Waals surface area contributed by atoms with E-state index < -0.39 is 5.97 Å². The fraction of sp³-hybridized carbons (Fsp3) is 0.267. The van der Waals surface area contributed by atoms with Crippen molar-refractivity contribution in [2.75, 3.05) is 18.1 Å². The molecule has 0 saturated heterocycles. The molecule has 0 radical (unpaired) electrons. The second kappa shape index (κ2) is 7.14. The maximum Gasteiger partial charge on any atom is 0.374 e. The minimum atomic E-state index is -0.477. The molecule has 0 aliphatic carbocycles. The van der Waals surface area contributed by atoms with Gasteiger partial charge in [-0.25, -0.2) is 9.18 Å². The Kier molecular flexibility index (Phi) is 5.24. The molecule has 3 nitrogen and oxygen atoms in total. The number of halogens is 1. The van der Waals surface area contributed by atoms with Crippen LogP contribution >= 0.6 is 11.8 Å². The van der Waals surface area contributed by atoms with Crippen molar-refractivity contribution in [2.45, 2.75) is 6.92 Å². The zero-order chi connectivity index (χ0) is 14.4. The predicted molar refractivity (Wildman–Crippen MR) is 77.4 cm³/mol. The van der Waals surface area contributed by atoms with E-state index in [-0.39, 0.29) is 11.6 Å². The largest absolute Gasteiger partial charge is 0.459 e. The van der Waals surface area contributed by atoms with E-state index in [2.05, 4.69) is 0 Å². The van der Waals surface area contributed by atoms with Crippen LogP contribution in [0.25, 0.3) is 11.3 Å². The average Bonchev–Trinajstić information content (AvgIpc) is 2.94. The van der Waals surface area contributed by atoms with Crippen molar-refractivity contribution in [3.63, 3.8) is 0 Å². The summed E-state index contributed by atoms with van der Waals surface area (Å²) in [5.74, 6) is 1.65. The molecule has 0 saturated carbocycles. The summed E-state index contributed by atoms with van der Waals surface area (Å²) < 4.78 is 23.3. The minimum absolute atomic E-state index is 0.158. The molecule has 0 N–H and O–H groups in total. The van der Waals surface area contributed by atoms with Crippen LogP contribution in [-0.2, 0) is 4.74 Å². The lowest BCUT2D eigenvalue weighted by atomic mass is 10.2. The Morgan fingerprint density at radius 1 is 1.25 bits per heavy atom. The highest BCUT2D eigenvalue weighted by molar-refractivity contribution is 7.99. The Bertz CT molecular complexity index is 563. The molecule has 0 unspecified atom stereocenters. The molecule has 0 amide bonds. The molecule has 0 bridgehead atoms. The van der Waals surface area contributed by atoms with Crippen LogP contribution in [0.3, 0.4) is 0 Å². The summed E-state index contributed by atoms with van der Waals surface area (Å²) in [6.45, 7) is 2.41. The Labute approximate surface area is 121 Å². The van der Waals surface area contributed by atoms with Gasteiger partial charge in [0.05, 0.1) is 0 Å². The van der Waals surface area contributed by atoms with Crippen molar-refractivity contribution in [3.8, 4) is 11.3 Å². The monoisotopic (exact) mass is 294 g/mol. The van der Waals surface area contributed by atoms with Crippen LogP contribution in [0.4, 0.5) is 4.39 Å². The smallest absolute Gasteiger partial charge is 0.374 e. The highest BCUT2D eigenvalue weighted by Crippen LogP contribution is 2.22. The van der Waals surface area contributed by atoms with E-state index in [0.29, 0.717) is 17.9 Å². The summed E-state index contributed by atoms with van der Waals surface area (Å²) in [6, 6.07) is 9.12. The number of carbonyl (C=O) groups excluding carboxylic acids is 1. The number of carbonyl (C=O) groups is 1. The van der Waals surface area contributed by atoms with Crippen molar-refractivity contribution in [2.24, 2.45) is 0 Å². The highest BCUT2D eigenvalue weighted by Gasteiger charge is 2.13. The number of rotatable bonds is 6. The number of benzene rings is 1. The molecule has 1 heterocycles. The van der Waals surface area contributed by atoms with Crippen LogP contribution in [0.5, 0.6) is 0 Å². The molecule has 2 aromatic rings. The van der Waals surface area contributed by atoms with Crippen LogP contribution in [0.1, 0.15) is 17.5 Å². The first-order chi connectivity index (χ1) is 9.70. The lowest BCUT2D eigenvalue weighted by Crippen LogP contribution is -2.06. The molecule has 5 heteroatoms. The van der Waals surface area contributed by atoms with Gasteiger partial charge in [0.2, 0.25) is 5.76 Å². The van der Waals surface area contributed by atoms with Crippen molar-refractivity contribution < 1.29 is 18.3 Å². The summed E-state index contributed by atoms with van der Waals surface area (Å²) in [4.78, 5) is 11.7. The van der Waals surface area contributed by atoms with Gasteiger partial charge >= 0.3 is 5.97 Å². The molecule has 0 atom stereocenters. The molecule has 1 aromatic carbocycles. The first kappa shape index (κ1) is 14.7. The summed E-state index contributed by atoms with van der Waals surface area (Å²) in [5, 5.41) is 0. The number of hydrogen-bond donors (Lipinski definition) is 0. The lowest BCUT2D eigenvalue weighted by Gasteiger charge is -2.01. The zero-order valence-corrected chi connectivity index (χ0v) is 11.9. The second-order valence-electron chi connectivity index (χ2n) is 4.00. The van der Waals surface area contributed by atoms with E-state index in [0.717, 1.165) is 11.5 Å². The SMILES string of the molecule is CCSCCOC(=O)c1ccc(-c2ccc(F)cc2)o1. The second-order valence-corrected chi connectivity index (χ2v) is 5.40. The van der Waals surface area contributed by atoms with E-state index in [4.69, 9.17) is 9.15 Å². The summed E-state index contributed by atoms with van der Waals surface area (Å²) >= 11 is 1.71. The van der Waals surface area contributed by atoms with Crippen molar-refractivity contribution in [1.29, 1.82) is 0 Å². The van der Waals surface area contributed by atoms with Crippen LogP contribution < -0.4 is 0 Å². The van der Waals surface area contributed by atoms with Gasteiger partial charge in [0, 0.05) is 11.3 Å². The van der Waals surface area contributed by atoms with Crippen LogP contribution in [-0.4, -0.2) is 24.1 Å². The predicted octanol–water partition coefficient (Wildman–Crippen LogP) is 4.00. The van der Waals surface area contributed by atoms with Gasteiger partial charge in [0.15, 0.2) is 0 Å². The van der Waals surface area contributed by atoms with Gasteiger partial charge in [0.1, 0.15) is 18.2 Å². The molecule has 106 valence electrons. The Morgan fingerprint density at radius 2 is 2.00 bits per heavy atom. The van der Waals surface area contributed by atoms with Gasteiger partial charge in [-0.2, -0.15) is 11.8 Å². The first-order valence-corrected chi connectivity index (χ1v) is 7.47. The standard InChI is InChI=1S/C15H15FO3S/c1-2-20-10-9-18-15(17)14-8-7-13(19-14)11-3-5-12(16)6-4-11/h3-8H,2,9-10H2,1H3. The van der Waals surface area contributed by atoms with Gasteiger partial charge < -0.3 is 9.15 Å². The van der Waals surface area contributed by atoms with Crippen molar-refractivity contribution >= 4 is 17.7 Å². The minimum Gasteiger partial charge on any atom is -0.459 e. The van der Waals surface area contributed by atoms with E-state index in [1.165, 1.54) is 12.1 Å². The highest BCUT2D eigenvalue weighted by atomic mass is 32.2. The summed E-state index contributed by atoms with van der Waals surface area (Å²) in [6.07, 6.45) is 0. The number of furan rings is 1. The molecule has 0 spiro atoms. The third kappa shape index (κ3) is 3.87. The molecule has 1 aromatic heterocycles. The maximum absolute atomic E-state index is 12.8. The summed E-state index contributed by atoms with van der Waals surface area (Å²) in [5.41, 5.74) is 0.715. The molecule has 2 rings (SSSR count). The third-order valence-electron chi connectivity index (χ3n) is 2.60. The van der Waals surface area contributed by atoms with Gasteiger partial charge in [-0.3, -0.25) is 0 Å². The van der Waals surface area contributed by atoms with Gasteiger partial charge in [0.25, 0.3) is 0 Å². The normalized spacial score (nSPS) is 10.5. The van der Waals surface area contributed by atoms with Crippen molar-refractivity contribution in [3.05, 3.63) is 48.0 Å². The zero-order valence-electron chi connectivity index (χ0n) is 11.1. The number of hydrogen-bond acceptors (Lipinski definition) is 4. The Morgan fingerprint density at radius 3 is 2.70 bits per heavy atom. The van der Waals surface area contributed by atoms with E-state index in [1.807, 2.05) is 6.92 Å². The topological polar surface area (TPSA) is 39.4 Å². The van der Waals surface area contributed by atoms with E-state index in [1.54, 1.807) is 36.0 Å². The van der Waals surface area contributed by atoms with Crippen LogP contribution in [0.15, 0.2) is 40.8 Å². The van der Waals surface area contributed by atoms with Crippen LogP contribution in [0, 0.1) is 5.82 Å². The quantitative estimate of drug-likeness (QED) is 0.596. The molecule has 0 aliphatic rings. The fourth-order valence-corrected chi connectivity index (χ4v) is 2.12. The average molecular weight is 294 g/mol. The number of thioether (sulfide) groups is 1. The number of esters is 1. The van der Waals surface area contributed by atoms with Gasteiger partial charge in [-0.15, -0.1) is 0 Å². The fourth-order valence-electron chi connectivity index (χ4n) is 1.63. The molecular formula is C15H15FO3S. The Balaban J connectivity index is 1.98. The van der Waals surface area contributed by atoms with E-state index >= 15 is 0 Å². The lowest BCUT2D eigenvalue weighted by molar-refractivity contribution is 0.0495. The first-order valence-electron chi connectivity index (χ1n) is 6.31.